The summed E-state index contributed by atoms with van der Waals surface area (Å²) in [4.78, 5) is 16.3. The van der Waals surface area contributed by atoms with Crippen molar-refractivity contribution in [1.82, 2.24) is 9.55 Å². The van der Waals surface area contributed by atoms with Crippen molar-refractivity contribution in [3.8, 4) is 0 Å². The fraction of sp³-hybridized carbons (Fsp3) is 0.444. The van der Waals surface area contributed by atoms with Crippen molar-refractivity contribution in [2.45, 2.75) is 51.1 Å². The van der Waals surface area contributed by atoms with Gasteiger partial charge in [-0.1, -0.05) is 37.2 Å². The Balaban J connectivity index is 2.12. The van der Waals surface area contributed by atoms with Gasteiger partial charge in [-0.3, -0.25) is 0 Å². The summed E-state index contributed by atoms with van der Waals surface area (Å²) in [7, 11) is 1.40. The lowest BCUT2D eigenvalue weighted by molar-refractivity contribution is 0.0600. The number of ether oxygens (including phenoxy) is 1. The largest absolute Gasteiger partial charge is 0.465 e. The smallest absolute Gasteiger partial charge is 0.337 e. The molecule has 0 fully saturated rings. The maximum atomic E-state index is 11.6. The maximum Gasteiger partial charge on any atom is 0.337 e. The average molecular weight is 332 g/mol. The standard InChI is InChI=1S/C18H24N2O2S/c1-5-6-10-20-14(3)13(2)19-18(20)23-12-15-8-7-9-16(11-15)17(21)22-4/h7-9,11H,5-6,10,12H2,1-4H3. The number of hydrogen-bond donors (Lipinski definition) is 0. The van der Waals surface area contributed by atoms with Gasteiger partial charge in [-0.15, -0.1) is 0 Å². The lowest BCUT2D eigenvalue weighted by Crippen LogP contribution is -2.03. The molecule has 0 radical (unpaired) electrons. The average Bonchev–Trinajstić information content (AvgIpc) is 2.84. The van der Waals surface area contributed by atoms with Crippen LogP contribution < -0.4 is 0 Å². The van der Waals surface area contributed by atoms with Crippen molar-refractivity contribution in [3.05, 3.63) is 46.8 Å². The Morgan fingerprint density at radius 3 is 2.83 bits per heavy atom. The molecule has 0 spiro atoms. The summed E-state index contributed by atoms with van der Waals surface area (Å²) in [5.41, 5.74) is 4.02. The van der Waals surface area contributed by atoms with E-state index in [1.807, 2.05) is 18.2 Å². The highest BCUT2D eigenvalue weighted by Crippen LogP contribution is 2.25. The maximum absolute atomic E-state index is 11.6. The molecule has 1 aromatic carbocycles. The first-order valence-corrected chi connectivity index (χ1v) is 8.89. The molecule has 2 aromatic rings. The monoisotopic (exact) mass is 332 g/mol. The third kappa shape index (κ3) is 4.38. The molecule has 124 valence electrons. The molecule has 0 unspecified atom stereocenters. The lowest BCUT2D eigenvalue weighted by atomic mass is 10.1. The van der Waals surface area contributed by atoms with E-state index in [4.69, 9.17) is 4.74 Å². The van der Waals surface area contributed by atoms with Crippen LogP contribution in [-0.2, 0) is 17.0 Å². The van der Waals surface area contributed by atoms with Gasteiger partial charge in [-0.2, -0.15) is 0 Å². The fourth-order valence-electron chi connectivity index (χ4n) is 2.37. The SMILES string of the molecule is CCCCn1c(SCc2cccc(C(=O)OC)c2)nc(C)c1C. The Morgan fingerprint density at radius 1 is 1.35 bits per heavy atom. The molecule has 0 saturated heterocycles. The van der Waals surface area contributed by atoms with Gasteiger partial charge in [0.1, 0.15) is 0 Å². The zero-order valence-electron chi connectivity index (χ0n) is 14.3. The third-order valence-corrected chi connectivity index (χ3v) is 4.92. The van der Waals surface area contributed by atoms with E-state index in [2.05, 4.69) is 30.3 Å². The molecule has 2 rings (SSSR count). The van der Waals surface area contributed by atoms with Gasteiger partial charge in [-0.25, -0.2) is 9.78 Å². The molecular weight excluding hydrogens is 308 g/mol. The first kappa shape index (κ1) is 17.6. The van der Waals surface area contributed by atoms with Gasteiger partial charge in [0, 0.05) is 18.0 Å². The molecule has 0 atom stereocenters. The first-order chi connectivity index (χ1) is 11.1. The topological polar surface area (TPSA) is 44.1 Å². The van der Waals surface area contributed by atoms with Crippen molar-refractivity contribution < 1.29 is 9.53 Å². The van der Waals surface area contributed by atoms with Crippen molar-refractivity contribution in [3.63, 3.8) is 0 Å². The number of nitrogens with zero attached hydrogens (tertiary/aromatic N) is 2. The van der Waals surface area contributed by atoms with Crippen LogP contribution in [0.3, 0.4) is 0 Å². The zero-order chi connectivity index (χ0) is 16.8. The molecule has 4 nitrogen and oxygen atoms in total. The molecule has 5 heteroatoms. The van der Waals surface area contributed by atoms with Gasteiger partial charge >= 0.3 is 5.97 Å². The molecule has 0 aliphatic rings. The van der Waals surface area contributed by atoms with Crippen LogP contribution in [0.25, 0.3) is 0 Å². The number of unbranched alkanes of at least 4 members (excludes halogenated alkanes) is 1. The number of carbonyl (C=O) groups excluding carboxylic acids is 1. The minimum Gasteiger partial charge on any atom is -0.465 e. The molecule has 0 saturated carbocycles. The van der Waals surface area contributed by atoms with Gasteiger partial charge in [-0.05, 0) is 38.0 Å². The zero-order valence-corrected chi connectivity index (χ0v) is 15.1. The van der Waals surface area contributed by atoms with E-state index in [-0.39, 0.29) is 5.97 Å². The predicted molar refractivity (Wildman–Crippen MR) is 94.0 cm³/mol. The number of hydrogen-bond acceptors (Lipinski definition) is 4. The minimum absolute atomic E-state index is 0.298. The summed E-state index contributed by atoms with van der Waals surface area (Å²) in [6, 6.07) is 7.58. The summed E-state index contributed by atoms with van der Waals surface area (Å²) in [5, 5.41) is 1.05. The summed E-state index contributed by atoms with van der Waals surface area (Å²) in [6.45, 7) is 7.39. The molecule has 0 bridgehead atoms. The summed E-state index contributed by atoms with van der Waals surface area (Å²) in [5.74, 6) is 0.486. The number of rotatable bonds is 7. The van der Waals surface area contributed by atoms with Crippen LogP contribution in [0.15, 0.2) is 29.4 Å². The van der Waals surface area contributed by atoms with E-state index in [1.165, 1.54) is 19.2 Å². The van der Waals surface area contributed by atoms with E-state index >= 15 is 0 Å². The van der Waals surface area contributed by atoms with Crippen molar-refractivity contribution in [2.75, 3.05) is 7.11 Å². The quantitative estimate of drug-likeness (QED) is 0.557. The molecular formula is C18H24N2O2S. The van der Waals surface area contributed by atoms with Crippen LogP contribution in [0.1, 0.15) is 47.1 Å². The number of aryl methyl sites for hydroxylation is 1. The van der Waals surface area contributed by atoms with Crippen molar-refractivity contribution in [2.24, 2.45) is 0 Å². The molecule has 0 aliphatic carbocycles. The van der Waals surface area contributed by atoms with E-state index in [1.54, 1.807) is 17.8 Å². The lowest BCUT2D eigenvalue weighted by Gasteiger charge is -2.09. The second kappa shape index (κ2) is 8.20. The van der Waals surface area contributed by atoms with E-state index in [0.29, 0.717) is 5.56 Å². The minimum atomic E-state index is -0.298. The fourth-order valence-corrected chi connectivity index (χ4v) is 3.43. The van der Waals surface area contributed by atoms with Crippen LogP contribution in [0.5, 0.6) is 0 Å². The Hall–Kier alpha value is -1.75. The third-order valence-electron chi connectivity index (χ3n) is 3.87. The van der Waals surface area contributed by atoms with Crippen LogP contribution in [0.2, 0.25) is 0 Å². The molecule has 0 amide bonds. The Morgan fingerprint density at radius 2 is 2.13 bits per heavy atom. The predicted octanol–water partition coefficient (Wildman–Crippen LogP) is 4.38. The Kier molecular flexibility index (Phi) is 6.28. The van der Waals surface area contributed by atoms with Crippen molar-refractivity contribution in [1.29, 1.82) is 0 Å². The second-order valence-corrected chi connectivity index (χ2v) is 6.49. The Labute approximate surface area is 142 Å². The first-order valence-electron chi connectivity index (χ1n) is 7.90. The summed E-state index contributed by atoms with van der Waals surface area (Å²) in [6.07, 6.45) is 2.32. The van der Waals surface area contributed by atoms with Gasteiger partial charge in [0.25, 0.3) is 0 Å². The molecule has 23 heavy (non-hydrogen) atoms. The molecule has 0 N–H and O–H groups in total. The number of methoxy groups -OCH3 is 1. The highest BCUT2D eigenvalue weighted by molar-refractivity contribution is 7.98. The number of aromatic nitrogens is 2. The van der Waals surface area contributed by atoms with Crippen LogP contribution in [-0.4, -0.2) is 22.6 Å². The number of imidazole rings is 1. The van der Waals surface area contributed by atoms with E-state index in [0.717, 1.165) is 35.1 Å². The van der Waals surface area contributed by atoms with Crippen LogP contribution in [0.4, 0.5) is 0 Å². The van der Waals surface area contributed by atoms with Gasteiger partial charge in [0.2, 0.25) is 0 Å². The highest BCUT2D eigenvalue weighted by atomic mass is 32.2. The second-order valence-electron chi connectivity index (χ2n) is 5.55. The number of carbonyl (C=O) groups is 1. The van der Waals surface area contributed by atoms with Gasteiger partial charge in [0.05, 0.1) is 18.4 Å². The molecule has 0 aliphatic heterocycles. The molecule has 1 heterocycles. The number of benzene rings is 1. The number of esters is 1. The summed E-state index contributed by atoms with van der Waals surface area (Å²) >= 11 is 1.71. The number of thioether (sulfide) groups is 1. The highest BCUT2D eigenvalue weighted by Gasteiger charge is 2.12. The van der Waals surface area contributed by atoms with Crippen LogP contribution >= 0.6 is 11.8 Å². The summed E-state index contributed by atoms with van der Waals surface area (Å²) < 4.78 is 7.07. The Bertz CT molecular complexity index is 680. The van der Waals surface area contributed by atoms with Gasteiger partial charge < -0.3 is 9.30 Å². The van der Waals surface area contributed by atoms with Crippen LogP contribution in [0, 0.1) is 13.8 Å². The van der Waals surface area contributed by atoms with Crippen molar-refractivity contribution >= 4 is 17.7 Å². The molecule has 1 aromatic heterocycles. The van der Waals surface area contributed by atoms with Gasteiger partial charge in [0.15, 0.2) is 5.16 Å². The van der Waals surface area contributed by atoms with E-state index < -0.39 is 0 Å². The normalized spacial score (nSPS) is 10.8. The van der Waals surface area contributed by atoms with E-state index in [9.17, 15) is 4.79 Å².